The Balaban J connectivity index is 1.84. The summed E-state index contributed by atoms with van der Waals surface area (Å²) < 4.78 is 10.1. The van der Waals surface area contributed by atoms with Gasteiger partial charge in [0.2, 0.25) is 11.8 Å². The Labute approximate surface area is 119 Å². The van der Waals surface area contributed by atoms with Crippen LogP contribution in [0.1, 0.15) is 0 Å². The fourth-order valence-corrected chi connectivity index (χ4v) is 1.75. The molecule has 2 N–H and O–H groups in total. The number of rotatable bonds is 3. The Hall–Kier alpha value is -3.09. The largest absolute Gasteiger partial charge is 0.453 e. The number of imidazole rings is 1. The van der Waals surface area contributed by atoms with Crippen molar-refractivity contribution in [2.45, 2.75) is 0 Å². The van der Waals surface area contributed by atoms with Crippen molar-refractivity contribution < 1.29 is 14.3 Å². The molecule has 2 heterocycles. The van der Waals surface area contributed by atoms with Crippen molar-refractivity contribution in [2.75, 3.05) is 12.4 Å². The summed E-state index contributed by atoms with van der Waals surface area (Å²) in [4.78, 5) is 22.5. The number of amides is 1. The number of benzene rings is 1. The van der Waals surface area contributed by atoms with Crippen molar-refractivity contribution in [3.05, 3.63) is 42.5 Å². The van der Waals surface area contributed by atoms with Crippen LogP contribution in [-0.4, -0.2) is 28.2 Å². The highest BCUT2D eigenvalue weighted by atomic mass is 16.5. The van der Waals surface area contributed by atoms with Gasteiger partial charge in [-0.3, -0.25) is 5.32 Å². The van der Waals surface area contributed by atoms with E-state index in [0.717, 1.165) is 0 Å². The normalized spacial score (nSPS) is 10.3. The zero-order chi connectivity index (χ0) is 14.7. The number of methoxy groups -OCH3 is 1. The van der Waals surface area contributed by atoms with E-state index in [1.165, 1.54) is 7.11 Å². The monoisotopic (exact) mass is 284 g/mol. The number of para-hydroxylation sites is 1. The summed E-state index contributed by atoms with van der Waals surface area (Å²) >= 11 is 0. The lowest BCUT2D eigenvalue weighted by atomic mass is 10.3. The number of anilines is 1. The lowest BCUT2D eigenvalue weighted by Crippen LogP contribution is -2.11. The number of hydrogen-bond donors (Lipinski definition) is 2. The van der Waals surface area contributed by atoms with Crippen LogP contribution >= 0.6 is 0 Å². The number of H-pyrrole nitrogens is 1. The Kier molecular flexibility index (Phi) is 3.38. The summed E-state index contributed by atoms with van der Waals surface area (Å²) in [6.45, 7) is 0. The SMILES string of the molecule is COC(=O)Nc1nc2nc(Oc3ccccc3)ccc2[nH]1. The first kappa shape index (κ1) is 12.9. The van der Waals surface area contributed by atoms with E-state index >= 15 is 0 Å². The number of nitrogens with zero attached hydrogens (tertiary/aromatic N) is 2. The lowest BCUT2D eigenvalue weighted by molar-refractivity contribution is 0.186. The second-order valence-electron chi connectivity index (χ2n) is 4.14. The number of fused-ring (bicyclic) bond motifs is 1. The Morgan fingerprint density at radius 2 is 1.95 bits per heavy atom. The van der Waals surface area contributed by atoms with E-state index in [2.05, 4.69) is 25.0 Å². The van der Waals surface area contributed by atoms with Gasteiger partial charge in [0.1, 0.15) is 5.75 Å². The number of pyridine rings is 1. The summed E-state index contributed by atoms with van der Waals surface area (Å²) in [5, 5.41) is 2.44. The highest BCUT2D eigenvalue weighted by Gasteiger charge is 2.09. The third-order valence-electron chi connectivity index (χ3n) is 2.69. The van der Waals surface area contributed by atoms with E-state index in [1.807, 2.05) is 30.3 Å². The summed E-state index contributed by atoms with van der Waals surface area (Å²) in [6, 6.07) is 12.8. The Morgan fingerprint density at radius 3 is 2.71 bits per heavy atom. The minimum atomic E-state index is -0.602. The van der Waals surface area contributed by atoms with Crippen molar-refractivity contribution in [2.24, 2.45) is 0 Å². The number of nitrogens with one attached hydrogen (secondary N) is 2. The molecule has 7 heteroatoms. The first-order valence-electron chi connectivity index (χ1n) is 6.19. The van der Waals surface area contributed by atoms with E-state index in [9.17, 15) is 4.79 Å². The Bertz CT molecular complexity index is 770. The highest BCUT2D eigenvalue weighted by Crippen LogP contribution is 2.21. The number of ether oxygens (including phenoxy) is 2. The van der Waals surface area contributed by atoms with Gasteiger partial charge in [0.15, 0.2) is 5.65 Å². The van der Waals surface area contributed by atoms with Crippen molar-refractivity contribution in [3.63, 3.8) is 0 Å². The molecule has 0 aliphatic heterocycles. The van der Waals surface area contributed by atoms with Gasteiger partial charge in [-0.05, 0) is 18.2 Å². The van der Waals surface area contributed by atoms with Crippen LogP contribution in [0.15, 0.2) is 42.5 Å². The average molecular weight is 284 g/mol. The van der Waals surface area contributed by atoms with Gasteiger partial charge in [0.25, 0.3) is 0 Å². The molecule has 0 spiro atoms. The predicted molar refractivity (Wildman–Crippen MR) is 76.4 cm³/mol. The molecule has 3 aromatic rings. The molecule has 106 valence electrons. The molecule has 0 saturated carbocycles. The van der Waals surface area contributed by atoms with Crippen molar-refractivity contribution in [1.82, 2.24) is 15.0 Å². The van der Waals surface area contributed by atoms with Crippen molar-refractivity contribution in [1.29, 1.82) is 0 Å². The Morgan fingerprint density at radius 1 is 1.14 bits per heavy atom. The van der Waals surface area contributed by atoms with Gasteiger partial charge in [-0.2, -0.15) is 9.97 Å². The van der Waals surface area contributed by atoms with Gasteiger partial charge in [0.05, 0.1) is 12.6 Å². The fourth-order valence-electron chi connectivity index (χ4n) is 1.75. The first-order valence-corrected chi connectivity index (χ1v) is 6.19. The number of carbonyl (C=O) groups excluding carboxylic acids is 1. The topological polar surface area (TPSA) is 89.1 Å². The number of hydrogen-bond acceptors (Lipinski definition) is 5. The van der Waals surface area contributed by atoms with E-state index in [0.29, 0.717) is 22.8 Å². The zero-order valence-corrected chi connectivity index (χ0v) is 11.2. The van der Waals surface area contributed by atoms with E-state index in [1.54, 1.807) is 12.1 Å². The van der Waals surface area contributed by atoms with Crippen LogP contribution in [0, 0.1) is 0 Å². The smallest absolute Gasteiger partial charge is 0.413 e. The molecule has 1 aromatic carbocycles. The molecule has 0 unspecified atom stereocenters. The third kappa shape index (κ3) is 2.92. The van der Waals surface area contributed by atoms with Gasteiger partial charge < -0.3 is 14.5 Å². The molecular formula is C14H12N4O3. The third-order valence-corrected chi connectivity index (χ3v) is 2.69. The molecule has 0 fully saturated rings. The molecule has 0 saturated heterocycles. The molecule has 0 radical (unpaired) electrons. The maximum atomic E-state index is 11.1. The van der Waals surface area contributed by atoms with Gasteiger partial charge in [0, 0.05) is 6.07 Å². The minimum Gasteiger partial charge on any atom is -0.453 e. The highest BCUT2D eigenvalue weighted by molar-refractivity contribution is 5.85. The molecule has 2 aromatic heterocycles. The van der Waals surface area contributed by atoms with Crippen LogP contribution < -0.4 is 10.1 Å². The molecule has 7 nitrogen and oxygen atoms in total. The van der Waals surface area contributed by atoms with Crippen LogP contribution in [-0.2, 0) is 4.74 Å². The standard InChI is InChI=1S/C14H12N4O3/c1-20-14(19)18-13-15-10-7-8-11(16-12(10)17-13)21-9-5-3-2-4-6-9/h2-8H,1H3,(H2,15,16,17,18,19). The van der Waals surface area contributed by atoms with Gasteiger partial charge in [-0.1, -0.05) is 18.2 Å². The zero-order valence-electron chi connectivity index (χ0n) is 11.2. The van der Waals surface area contributed by atoms with Crippen molar-refractivity contribution >= 4 is 23.2 Å². The molecule has 0 bridgehead atoms. The molecule has 0 aliphatic rings. The van der Waals surface area contributed by atoms with Crippen LogP contribution in [0.2, 0.25) is 0 Å². The number of carbonyl (C=O) groups is 1. The van der Waals surface area contributed by atoms with Crippen molar-refractivity contribution in [3.8, 4) is 11.6 Å². The lowest BCUT2D eigenvalue weighted by Gasteiger charge is -2.03. The second-order valence-corrected chi connectivity index (χ2v) is 4.14. The van der Waals surface area contributed by atoms with Crippen LogP contribution in [0.4, 0.5) is 10.7 Å². The quantitative estimate of drug-likeness (QED) is 0.771. The fraction of sp³-hybridized carbons (Fsp3) is 0.0714. The summed E-state index contributed by atoms with van der Waals surface area (Å²) in [6.07, 6.45) is -0.602. The molecule has 21 heavy (non-hydrogen) atoms. The van der Waals surface area contributed by atoms with Gasteiger partial charge in [-0.25, -0.2) is 4.79 Å². The molecule has 0 aliphatic carbocycles. The maximum absolute atomic E-state index is 11.1. The molecule has 3 rings (SSSR count). The van der Waals surface area contributed by atoms with Crippen LogP contribution in [0.25, 0.3) is 11.2 Å². The summed E-state index contributed by atoms with van der Waals surface area (Å²) in [7, 11) is 1.28. The number of aromatic nitrogens is 3. The summed E-state index contributed by atoms with van der Waals surface area (Å²) in [5.41, 5.74) is 1.12. The predicted octanol–water partition coefficient (Wildman–Crippen LogP) is 2.93. The van der Waals surface area contributed by atoms with E-state index in [4.69, 9.17) is 4.74 Å². The van der Waals surface area contributed by atoms with Crippen LogP contribution in [0.5, 0.6) is 11.6 Å². The van der Waals surface area contributed by atoms with Gasteiger partial charge >= 0.3 is 6.09 Å². The molecular weight excluding hydrogens is 272 g/mol. The molecule has 0 atom stereocenters. The number of aromatic amines is 1. The van der Waals surface area contributed by atoms with Gasteiger partial charge in [-0.15, -0.1) is 0 Å². The molecule has 1 amide bonds. The minimum absolute atomic E-state index is 0.265. The van der Waals surface area contributed by atoms with E-state index in [-0.39, 0.29) is 5.95 Å². The first-order chi connectivity index (χ1) is 10.2. The van der Waals surface area contributed by atoms with E-state index < -0.39 is 6.09 Å². The summed E-state index contributed by atoms with van der Waals surface area (Å²) in [5.74, 6) is 1.37. The van der Waals surface area contributed by atoms with Crippen LogP contribution in [0.3, 0.4) is 0 Å². The maximum Gasteiger partial charge on any atom is 0.413 e. The second kappa shape index (κ2) is 5.49. The average Bonchev–Trinajstić information content (AvgIpc) is 2.89.